The summed E-state index contributed by atoms with van der Waals surface area (Å²) in [5.41, 5.74) is 5.79. The topological polar surface area (TPSA) is 212 Å². The van der Waals surface area contributed by atoms with E-state index in [1.807, 2.05) is 0 Å². The van der Waals surface area contributed by atoms with Crippen LogP contribution >= 0.6 is 7.60 Å². The molecule has 49 heavy (non-hydrogen) atoms. The second-order valence-corrected chi connectivity index (χ2v) is 14.0. The molecule has 0 saturated heterocycles. The van der Waals surface area contributed by atoms with Gasteiger partial charge in [-0.25, -0.2) is 0 Å². The number of phenols is 1. The maximum absolute atomic E-state index is 14.2. The lowest BCUT2D eigenvalue weighted by Gasteiger charge is -2.30. The molecule has 0 spiro atoms. The van der Waals surface area contributed by atoms with Gasteiger partial charge in [-0.05, 0) is 64.4 Å². The van der Waals surface area contributed by atoms with Crippen molar-refractivity contribution in [2.24, 2.45) is 5.73 Å². The van der Waals surface area contributed by atoms with Crippen LogP contribution in [0.15, 0.2) is 53.8 Å². The SMILES string of the molecule is CCOP(=O)(OCC)C(Nc1cc(N(C)C)c2c(c1O)C(O)=CC(=O)[C@H](O)C(=O)/C(C(N)=O)=C(/O)[C@@H](N(C)C)CCCC2)c1ccccc1. The molecule has 1 amide bonds. The number of carbonyl (C=O) groups is 3. The van der Waals surface area contributed by atoms with Crippen LogP contribution in [0.5, 0.6) is 5.75 Å². The second-order valence-electron chi connectivity index (χ2n) is 11.9. The Hall–Kier alpha value is -4.20. The van der Waals surface area contributed by atoms with Gasteiger partial charge < -0.3 is 45.4 Å². The van der Waals surface area contributed by atoms with Crippen molar-refractivity contribution in [2.75, 3.05) is 51.6 Å². The third-order valence-corrected chi connectivity index (χ3v) is 10.4. The first kappa shape index (κ1) is 39.2. The fourth-order valence-corrected chi connectivity index (χ4v) is 7.71. The summed E-state index contributed by atoms with van der Waals surface area (Å²) in [6.07, 6.45) is -0.559. The predicted octanol–water partition coefficient (Wildman–Crippen LogP) is 4.19. The number of aromatic hydroxyl groups is 1. The first-order valence-corrected chi connectivity index (χ1v) is 17.5. The van der Waals surface area contributed by atoms with Crippen LogP contribution in [0.1, 0.15) is 55.6 Å². The molecule has 268 valence electrons. The van der Waals surface area contributed by atoms with Gasteiger partial charge in [0.25, 0.3) is 5.91 Å². The number of phenolic OH excluding ortho intramolecular Hbond substituents is 1. The Bertz CT molecular complexity index is 1630. The number of nitrogens with two attached hydrogens (primary N) is 1. The molecule has 0 saturated carbocycles. The average molecular weight is 703 g/mol. The molecule has 0 fully saturated rings. The molecule has 0 bridgehead atoms. The van der Waals surface area contributed by atoms with Crippen molar-refractivity contribution >= 4 is 42.2 Å². The summed E-state index contributed by atoms with van der Waals surface area (Å²) in [6.45, 7) is 3.47. The van der Waals surface area contributed by atoms with Crippen molar-refractivity contribution in [1.82, 2.24) is 4.90 Å². The summed E-state index contributed by atoms with van der Waals surface area (Å²) < 4.78 is 25.5. The van der Waals surface area contributed by atoms with E-state index in [9.17, 15) is 39.4 Å². The van der Waals surface area contributed by atoms with Crippen LogP contribution in [0.25, 0.3) is 5.76 Å². The summed E-state index contributed by atoms with van der Waals surface area (Å²) in [4.78, 5) is 42.0. The molecule has 14 nitrogen and oxygen atoms in total. The highest BCUT2D eigenvalue weighted by Gasteiger charge is 2.39. The van der Waals surface area contributed by atoms with E-state index >= 15 is 0 Å². The average Bonchev–Trinajstić information content (AvgIpc) is 3.03. The molecule has 1 aliphatic rings. The molecule has 3 rings (SSSR count). The van der Waals surface area contributed by atoms with E-state index in [0.717, 1.165) is 0 Å². The number of amides is 1. The number of nitrogens with one attached hydrogen (secondary N) is 1. The van der Waals surface area contributed by atoms with E-state index in [1.54, 1.807) is 88.2 Å². The van der Waals surface area contributed by atoms with Crippen LogP contribution in [0.4, 0.5) is 11.4 Å². The van der Waals surface area contributed by atoms with Crippen molar-refractivity contribution in [1.29, 1.82) is 0 Å². The molecule has 0 heterocycles. The summed E-state index contributed by atoms with van der Waals surface area (Å²) in [7, 11) is 2.81. The highest BCUT2D eigenvalue weighted by Crippen LogP contribution is 2.61. The lowest BCUT2D eigenvalue weighted by Crippen LogP contribution is -2.39. The van der Waals surface area contributed by atoms with E-state index in [0.29, 0.717) is 35.7 Å². The molecule has 3 atom stereocenters. The van der Waals surface area contributed by atoms with Crippen molar-refractivity contribution in [2.45, 2.75) is 57.5 Å². The van der Waals surface area contributed by atoms with Crippen LogP contribution < -0.4 is 16.0 Å². The molecule has 7 N–H and O–H groups in total. The van der Waals surface area contributed by atoms with Gasteiger partial charge in [0, 0.05) is 25.9 Å². The van der Waals surface area contributed by atoms with E-state index in [2.05, 4.69) is 5.32 Å². The first-order valence-electron chi connectivity index (χ1n) is 15.9. The highest BCUT2D eigenvalue weighted by atomic mass is 31.2. The summed E-state index contributed by atoms with van der Waals surface area (Å²) in [5, 5.41) is 48.0. The zero-order chi connectivity index (χ0) is 36.6. The zero-order valence-electron chi connectivity index (χ0n) is 28.7. The van der Waals surface area contributed by atoms with Crippen LogP contribution in [0, 0.1) is 0 Å². The molecular formula is C34H47N4O10P. The maximum Gasteiger partial charge on any atom is 0.357 e. The van der Waals surface area contributed by atoms with E-state index < -0.39 is 65.8 Å². The fourth-order valence-electron chi connectivity index (χ4n) is 5.78. The largest absolute Gasteiger partial charge is 0.510 e. The van der Waals surface area contributed by atoms with Crippen molar-refractivity contribution in [3.63, 3.8) is 0 Å². The molecule has 2 aromatic carbocycles. The monoisotopic (exact) mass is 702 g/mol. The smallest absolute Gasteiger partial charge is 0.357 e. The van der Waals surface area contributed by atoms with Gasteiger partial charge in [-0.15, -0.1) is 0 Å². The van der Waals surface area contributed by atoms with E-state index in [1.165, 1.54) is 0 Å². The Balaban J connectivity index is 2.30. The van der Waals surface area contributed by atoms with Gasteiger partial charge in [-0.3, -0.25) is 23.8 Å². The number of fused-ring (bicyclic) bond motifs is 1. The first-order chi connectivity index (χ1) is 23.1. The van der Waals surface area contributed by atoms with Gasteiger partial charge in [0.2, 0.25) is 5.78 Å². The van der Waals surface area contributed by atoms with Gasteiger partial charge in [0.15, 0.2) is 17.7 Å². The van der Waals surface area contributed by atoms with Crippen molar-refractivity contribution in [3.8, 4) is 5.75 Å². The minimum atomic E-state index is -3.93. The maximum atomic E-state index is 14.2. The normalized spacial score (nSPS) is 20.3. The minimum Gasteiger partial charge on any atom is -0.510 e. The van der Waals surface area contributed by atoms with E-state index in [4.69, 9.17) is 14.8 Å². The molecule has 0 radical (unpaired) electrons. The number of likely N-dealkylation sites (N-methyl/N-ethyl adjacent to an activating group) is 1. The van der Waals surface area contributed by atoms with Crippen LogP contribution in [-0.2, 0) is 34.4 Å². The molecule has 1 aliphatic carbocycles. The van der Waals surface area contributed by atoms with E-state index in [-0.39, 0.29) is 37.3 Å². The Morgan fingerprint density at radius 2 is 1.65 bits per heavy atom. The Morgan fingerprint density at radius 3 is 2.18 bits per heavy atom. The molecule has 1 unspecified atom stereocenters. The van der Waals surface area contributed by atoms with Gasteiger partial charge in [0.1, 0.15) is 22.8 Å². The third kappa shape index (κ3) is 8.89. The Labute approximate surface area is 286 Å². The van der Waals surface area contributed by atoms with Crippen molar-refractivity contribution < 1.29 is 48.4 Å². The Kier molecular flexibility index (Phi) is 13.6. The van der Waals surface area contributed by atoms with Gasteiger partial charge in [0.05, 0.1) is 30.5 Å². The number of nitrogens with zero attached hydrogens (tertiary/aromatic N) is 2. The summed E-state index contributed by atoms with van der Waals surface area (Å²) in [5.74, 6) is -7.20. The number of ketones is 2. The number of hydrogen-bond donors (Lipinski definition) is 6. The lowest BCUT2D eigenvalue weighted by atomic mass is 9.91. The summed E-state index contributed by atoms with van der Waals surface area (Å²) in [6, 6.07) is 9.46. The van der Waals surface area contributed by atoms with Crippen molar-refractivity contribution in [3.05, 3.63) is 70.5 Å². The number of aliphatic hydroxyl groups is 3. The minimum absolute atomic E-state index is 0.0117. The number of carbonyl (C=O) groups excluding carboxylic acids is 3. The molecule has 0 aromatic heterocycles. The highest BCUT2D eigenvalue weighted by molar-refractivity contribution is 7.54. The third-order valence-electron chi connectivity index (χ3n) is 8.10. The number of aliphatic hydroxyl groups excluding tert-OH is 3. The standard InChI is InChI=1S/C34H47N4O10P/c1-7-47-49(46,48-8-2)34(20-14-10-9-11-15-20)36-22-18-24(38(5)6)21-16-12-13-17-23(37(3)4)30(42)28(33(35)45)32(44)31(43)26(40)19-25(39)27(21)29(22)41/h9-11,14-15,18-19,23,31,34,36,39,41-43H,7-8,12-13,16-17H2,1-6H3,(H2,35,45)/b25-19?,30-28-/t23-,31-,34?/m0/s1. The van der Waals surface area contributed by atoms with Gasteiger partial charge in [-0.2, -0.15) is 0 Å². The molecular weight excluding hydrogens is 655 g/mol. The second kappa shape index (κ2) is 17.0. The van der Waals surface area contributed by atoms with Crippen LogP contribution in [-0.4, -0.2) is 96.3 Å². The quantitative estimate of drug-likeness (QED) is 0.0840. The molecule has 2 aromatic rings. The number of rotatable bonds is 11. The van der Waals surface area contributed by atoms with Gasteiger partial charge >= 0.3 is 7.60 Å². The van der Waals surface area contributed by atoms with Crippen LogP contribution in [0.3, 0.4) is 0 Å². The number of anilines is 2. The summed E-state index contributed by atoms with van der Waals surface area (Å²) >= 11 is 0. The number of primary amides is 1. The number of Topliss-reactive ketones (excluding diaryl/α,β-unsaturated/α-hetero) is 1. The van der Waals surface area contributed by atoms with Crippen LogP contribution in [0.2, 0.25) is 0 Å². The number of benzene rings is 2. The Morgan fingerprint density at radius 1 is 1.04 bits per heavy atom. The molecule has 0 aliphatic heterocycles. The number of hydrogen-bond acceptors (Lipinski definition) is 13. The lowest BCUT2D eigenvalue weighted by molar-refractivity contribution is -0.134. The predicted molar refractivity (Wildman–Crippen MR) is 187 cm³/mol. The molecule has 15 heteroatoms. The zero-order valence-corrected chi connectivity index (χ0v) is 29.6. The van der Waals surface area contributed by atoms with Gasteiger partial charge in [-0.1, -0.05) is 36.8 Å². The fraction of sp³-hybridized carbons (Fsp3) is 0.441.